The fourth-order valence-corrected chi connectivity index (χ4v) is 3.10. The van der Waals surface area contributed by atoms with Crippen LogP contribution in [-0.2, 0) is 4.79 Å². The van der Waals surface area contributed by atoms with Crippen LogP contribution < -0.4 is 5.32 Å². The Morgan fingerprint density at radius 1 is 1.22 bits per heavy atom. The van der Waals surface area contributed by atoms with Crippen molar-refractivity contribution < 1.29 is 9.59 Å². The highest BCUT2D eigenvalue weighted by Crippen LogP contribution is 2.23. The maximum Gasteiger partial charge on any atom is 0.254 e. The molecule has 4 nitrogen and oxygen atoms in total. The summed E-state index contributed by atoms with van der Waals surface area (Å²) in [4.78, 5) is 26.2. The van der Waals surface area contributed by atoms with Crippen LogP contribution in [0.3, 0.4) is 0 Å². The SMILES string of the molecule is CCCNC(=O)CCC1CCN(C(=O)c2ccccc2C)CC1. The number of carbonyl (C=O) groups is 2. The molecule has 2 amide bonds. The van der Waals surface area contributed by atoms with E-state index in [0.717, 1.165) is 56.4 Å². The monoisotopic (exact) mass is 316 g/mol. The number of aryl methyl sites for hydroxylation is 1. The van der Waals surface area contributed by atoms with Crippen molar-refractivity contribution in [2.45, 2.75) is 46.0 Å². The summed E-state index contributed by atoms with van der Waals surface area (Å²) in [6.07, 6.45) is 4.51. The number of benzene rings is 1. The van der Waals surface area contributed by atoms with Crippen LogP contribution in [0.15, 0.2) is 24.3 Å². The Bertz CT molecular complexity index is 534. The summed E-state index contributed by atoms with van der Waals surface area (Å²) in [5.41, 5.74) is 1.84. The molecule has 0 bridgehead atoms. The molecule has 0 saturated carbocycles. The third-order valence-electron chi connectivity index (χ3n) is 4.63. The molecule has 0 spiro atoms. The van der Waals surface area contributed by atoms with Crippen LogP contribution in [0.4, 0.5) is 0 Å². The normalized spacial score (nSPS) is 15.5. The predicted molar refractivity (Wildman–Crippen MR) is 92.3 cm³/mol. The third kappa shape index (κ3) is 5.08. The number of rotatable bonds is 6. The second-order valence-electron chi connectivity index (χ2n) is 6.44. The van der Waals surface area contributed by atoms with Gasteiger partial charge in [-0.15, -0.1) is 0 Å². The summed E-state index contributed by atoms with van der Waals surface area (Å²) in [5, 5.41) is 2.92. The summed E-state index contributed by atoms with van der Waals surface area (Å²) in [6.45, 7) is 6.40. The van der Waals surface area contributed by atoms with Gasteiger partial charge in [-0.25, -0.2) is 0 Å². The second kappa shape index (κ2) is 8.70. The van der Waals surface area contributed by atoms with Crippen LogP contribution in [0.2, 0.25) is 0 Å². The molecule has 23 heavy (non-hydrogen) atoms. The lowest BCUT2D eigenvalue weighted by atomic mass is 9.91. The van der Waals surface area contributed by atoms with Crippen molar-refractivity contribution in [3.8, 4) is 0 Å². The van der Waals surface area contributed by atoms with E-state index in [1.165, 1.54) is 0 Å². The average molecular weight is 316 g/mol. The van der Waals surface area contributed by atoms with Gasteiger partial charge in [0, 0.05) is 31.6 Å². The quantitative estimate of drug-likeness (QED) is 0.876. The zero-order valence-corrected chi connectivity index (χ0v) is 14.3. The summed E-state index contributed by atoms with van der Waals surface area (Å²) < 4.78 is 0. The molecule has 1 N–H and O–H groups in total. The average Bonchev–Trinajstić information content (AvgIpc) is 2.58. The molecule has 1 saturated heterocycles. The minimum Gasteiger partial charge on any atom is -0.356 e. The molecule has 1 aliphatic rings. The van der Waals surface area contributed by atoms with Crippen molar-refractivity contribution in [3.63, 3.8) is 0 Å². The van der Waals surface area contributed by atoms with Crippen LogP contribution in [0.5, 0.6) is 0 Å². The Kier molecular flexibility index (Phi) is 6.63. The molecule has 4 heteroatoms. The van der Waals surface area contributed by atoms with E-state index < -0.39 is 0 Å². The smallest absolute Gasteiger partial charge is 0.254 e. The summed E-state index contributed by atoms with van der Waals surface area (Å²) in [5.74, 6) is 0.857. The van der Waals surface area contributed by atoms with Gasteiger partial charge in [0.2, 0.25) is 5.91 Å². The minimum absolute atomic E-state index is 0.141. The van der Waals surface area contributed by atoms with Crippen LogP contribution in [-0.4, -0.2) is 36.3 Å². The molecule has 0 atom stereocenters. The van der Waals surface area contributed by atoms with Gasteiger partial charge in [0.05, 0.1) is 0 Å². The molecule has 0 unspecified atom stereocenters. The first-order valence-electron chi connectivity index (χ1n) is 8.73. The van der Waals surface area contributed by atoms with Gasteiger partial charge in [-0.3, -0.25) is 9.59 Å². The molecule has 1 aliphatic heterocycles. The molecule has 0 radical (unpaired) electrons. The van der Waals surface area contributed by atoms with Crippen molar-refractivity contribution >= 4 is 11.8 Å². The van der Waals surface area contributed by atoms with Crippen molar-refractivity contribution in [2.75, 3.05) is 19.6 Å². The standard InChI is InChI=1S/C19H28N2O2/c1-3-12-20-18(22)9-8-16-10-13-21(14-11-16)19(23)17-7-5-4-6-15(17)2/h4-7,16H,3,8-14H2,1-2H3,(H,20,22). The molecule has 1 aromatic carbocycles. The van der Waals surface area contributed by atoms with Gasteiger partial charge in [-0.05, 0) is 50.2 Å². The highest BCUT2D eigenvalue weighted by molar-refractivity contribution is 5.95. The van der Waals surface area contributed by atoms with E-state index in [4.69, 9.17) is 0 Å². The highest BCUT2D eigenvalue weighted by Gasteiger charge is 2.24. The number of amides is 2. The molecular weight excluding hydrogens is 288 g/mol. The minimum atomic E-state index is 0.141. The van der Waals surface area contributed by atoms with Crippen molar-refractivity contribution in [2.24, 2.45) is 5.92 Å². The number of hydrogen-bond acceptors (Lipinski definition) is 2. The van der Waals surface area contributed by atoms with Gasteiger partial charge in [0.1, 0.15) is 0 Å². The molecule has 126 valence electrons. The van der Waals surface area contributed by atoms with Gasteiger partial charge >= 0.3 is 0 Å². The lowest BCUT2D eigenvalue weighted by Crippen LogP contribution is -2.39. The Morgan fingerprint density at radius 2 is 1.91 bits per heavy atom. The van der Waals surface area contributed by atoms with Crippen LogP contribution in [0.1, 0.15) is 54.9 Å². The van der Waals surface area contributed by atoms with E-state index in [1.54, 1.807) is 0 Å². The van der Waals surface area contributed by atoms with Gasteiger partial charge in [-0.1, -0.05) is 25.1 Å². The van der Waals surface area contributed by atoms with Crippen LogP contribution >= 0.6 is 0 Å². The van der Waals surface area contributed by atoms with E-state index in [0.29, 0.717) is 12.3 Å². The number of hydrogen-bond donors (Lipinski definition) is 1. The van der Waals surface area contributed by atoms with Gasteiger partial charge < -0.3 is 10.2 Å². The summed E-state index contributed by atoms with van der Waals surface area (Å²) >= 11 is 0. The molecule has 0 aromatic heterocycles. The fourth-order valence-electron chi connectivity index (χ4n) is 3.10. The number of likely N-dealkylation sites (tertiary alicyclic amines) is 1. The van der Waals surface area contributed by atoms with Crippen molar-refractivity contribution in [1.29, 1.82) is 0 Å². The topological polar surface area (TPSA) is 49.4 Å². The van der Waals surface area contributed by atoms with Crippen molar-refractivity contribution in [1.82, 2.24) is 10.2 Å². The largest absolute Gasteiger partial charge is 0.356 e. The molecular formula is C19H28N2O2. The number of nitrogens with one attached hydrogen (secondary N) is 1. The third-order valence-corrected chi connectivity index (χ3v) is 4.63. The molecule has 1 heterocycles. The summed E-state index contributed by atoms with van der Waals surface area (Å²) in [6, 6.07) is 7.76. The lowest BCUT2D eigenvalue weighted by Gasteiger charge is -2.32. The Balaban J connectivity index is 1.77. The van der Waals surface area contributed by atoms with Crippen LogP contribution in [0.25, 0.3) is 0 Å². The second-order valence-corrected chi connectivity index (χ2v) is 6.44. The van der Waals surface area contributed by atoms with E-state index >= 15 is 0 Å². The molecule has 0 aliphatic carbocycles. The number of piperidine rings is 1. The zero-order valence-electron chi connectivity index (χ0n) is 14.3. The first-order chi connectivity index (χ1) is 11.1. The van der Waals surface area contributed by atoms with Gasteiger partial charge in [0.25, 0.3) is 5.91 Å². The van der Waals surface area contributed by atoms with E-state index in [1.807, 2.05) is 36.1 Å². The first kappa shape index (κ1) is 17.5. The molecule has 1 fully saturated rings. The lowest BCUT2D eigenvalue weighted by molar-refractivity contribution is -0.121. The maximum atomic E-state index is 12.6. The van der Waals surface area contributed by atoms with E-state index in [9.17, 15) is 9.59 Å². The Morgan fingerprint density at radius 3 is 2.57 bits per heavy atom. The van der Waals surface area contributed by atoms with Gasteiger partial charge in [-0.2, -0.15) is 0 Å². The zero-order chi connectivity index (χ0) is 16.7. The fraction of sp³-hybridized carbons (Fsp3) is 0.579. The van der Waals surface area contributed by atoms with Crippen molar-refractivity contribution in [3.05, 3.63) is 35.4 Å². The molecule has 2 rings (SSSR count). The maximum absolute atomic E-state index is 12.6. The van der Waals surface area contributed by atoms with Gasteiger partial charge in [0.15, 0.2) is 0 Å². The highest BCUT2D eigenvalue weighted by atomic mass is 16.2. The predicted octanol–water partition coefficient (Wildman–Crippen LogP) is 3.15. The Labute approximate surface area is 139 Å². The molecule has 1 aromatic rings. The first-order valence-corrected chi connectivity index (χ1v) is 8.73. The Hall–Kier alpha value is -1.84. The van der Waals surface area contributed by atoms with E-state index in [2.05, 4.69) is 12.2 Å². The number of carbonyl (C=O) groups excluding carboxylic acids is 2. The van der Waals surface area contributed by atoms with Crippen LogP contribution in [0, 0.1) is 12.8 Å². The number of nitrogens with zero attached hydrogens (tertiary/aromatic N) is 1. The summed E-state index contributed by atoms with van der Waals surface area (Å²) in [7, 11) is 0. The van der Waals surface area contributed by atoms with E-state index in [-0.39, 0.29) is 11.8 Å².